The standard InChI is InChI=1S/C28H19N3O3/c32-27(21-16-31(15-17-8-2-1-3-9-17)24-13-7-5-11-19(21)24)26-25-20(14-23(30-26)28(33)34)18-10-4-6-12-22(18)29-25/h1-14,16,29H,15H2,(H,33,34). The number of pyridine rings is 1. The van der Waals surface area contributed by atoms with Gasteiger partial charge in [0.2, 0.25) is 5.78 Å². The molecule has 0 saturated heterocycles. The van der Waals surface area contributed by atoms with Crippen molar-refractivity contribution in [3.63, 3.8) is 0 Å². The molecule has 164 valence electrons. The second-order valence-corrected chi connectivity index (χ2v) is 8.26. The molecule has 6 rings (SSSR count). The molecule has 34 heavy (non-hydrogen) atoms. The molecule has 0 spiro atoms. The Morgan fingerprint density at radius 3 is 2.35 bits per heavy atom. The lowest BCUT2D eigenvalue weighted by Crippen LogP contribution is -2.10. The number of benzene rings is 3. The highest BCUT2D eigenvalue weighted by molar-refractivity contribution is 6.23. The van der Waals surface area contributed by atoms with E-state index in [0.717, 1.165) is 27.4 Å². The van der Waals surface area contributed by atoms with Gasteiger partial charge in [-0.25, -0.2) is 9.78 Å². The minimum Gasteiger partial charge on any atom is -0.477 e. The molecule has 6 aromatic rings. The lowest BCUT2D eigenvalue weighted by atomic mass is 10.0. The molecule has 0 aliphatic heterocycles. The molecule has 3 aromatic carbocycles. The third-order valence-electron chi connectivity index (χ3n) is 6.16. The van der Waals surface area contributed by atoms with Crippen LogP contribution in [0.3, 0.4) is 0 Å². The molecule has 0 atom stereocenters. The van der Waals surface area contributed by atoms with Crippen LogP contribution in [0.15, 0.2) is 91.1 Å². The van der Waals surface area contributed by atoms with Gasteiger partial charge >= 0.3 is 5.97 Å². The van der Waals surface area contributed by atoms with E-state index in [1.165, 1.54) is 6.07 Å². The summed E-state index contributed by atoms with van der Waals surface area (Å²) in [5.41, 5.74) is 3.84. The van der Waals surface area contributed by atoms with Crippen molar-refractivity contribution in [1.29, 1.82) is 0 Å². The highest BCUT2D eigenvalue weighted by Crippen LogP contribution is 2.31. The minimum absolute atomic E-state index is 0.105. The van der Waals surface area contributed by atoms with Crippen molar-refractivity contribution >= 4 is 44.5 Å². The van der Waals surface area contributed by atoms with Crippen LogP contribution in [0.5, 0.6) is 0 Å². The van der Waals surface area contributed by atoms with E-state index >= 15 is 0 Å². The summed E-state index contributed by atoms with van der Waals surface area (Å²) in [4.78, 5) is 33.3. The van der Waals surface area contributed by atoms with Gasteiger partial charge in [-0.15, -0.1) is 0 Å². The Kier molecular flexibility index (Phi) is 4.52. The van der Waals surface area contributed by atoms with Crippen molar-refractivity contribution in [2.45, 2.75) is 6.54 Å². The highest BCUT2D eigenvalue weighted by Gasteiger charge is 2.24. The maximum absolute atomic E-state index is 13.9. The topological polar surface area (TPSA) is 88.0 Å². The Labute approximate surface area is 194 Å². The summed E-state index contributed by atoms with van der Waals surface area (Å²) in [7, 11) is 0. The van der Waals surface area contributed by atoms with Gasteiger partial charge in [-0.3, -0.25) is 4.79 Å². The van der Waals surface area contributed by atoms with Gasteiger partial charge in [-0.2, -0.15) is 0 Å². The van der Waals surface area contributed by atoms with Gasteiger partial charge in [0.05, 0.1) is 5.52 Å². The molecule has 6 heteroatoms. The number of carbonyl (C=O) groups excluding carboxylic acids is 1. The molecule has 0 unspecified atom stereocenters. The van der Waals surface area contributed by atoms with Crippen LogP contribution >= 0.6 is 0 Å². The number of aromatic carboxylic acids is 1. The summed E-state index contributed by atoms with van der Waals surface area (Å²) in [6.45, 7) is 0.610. The molecule has 3 aromatic heterocycles. The Morgan fingerprint density at radius 2 is 1.56 bits per heavy atom. The van der Waals surface area contributed by atoms with Crippen LogP contribution in [0.2, 0.25) is 0 Å². The number of fused-ring (bicyclic) bond motifs is 4. The molecule has 0 amide bonds. The Balaban J connectivity index is 1.57. The molecular weight excluding hydrogens is 426 g/mol. The molecule has 6 nitrogen and oxygen atoms in total. The maximum Gasteiger partial charge on any atom is 0.354 e. The average Bonchev–Trinajstić information content (AvgIpc) is 3.42. The molecule has 0 saturated carbocycles. The third-order valence-corrected chi connectivity index (χ3v) is 6.16. The van der Waals surface area contributed by atoms with Crippen LogP contribution in [-0.2, 0) is 6.54 Å². The fraction of sp³-hybridized carbons (Fsp3) is 0.0357. The number of H-pyrrole nitrogens is 1. The third kappa shape index (κ3) is 3.16. The van der Waals surface area contributed by atoms with E-state index in [9.17, 15) is 14.7 Å². The van der Waals surface area contributed by atoms with Crippen molar-refractivity contribution in [3.8, 4) is 0 Å². The second kappa shape index (κ2) is 7.71. The average molecular weight is 445 g/mol. The van der Waals surface area contributed by atoms with Crippen molar-refractivity contribution < 1.29 is 14.7 Å². The van der Waals surface area contributed by atoms with Crippen LogP contribution in [-0.4, -0.2) is 31.4 Å². The molecule has 0 bridgehead atoms. The van der Waals surface area contributed by atoms with Crippen molar-refractivity contribution in [2.75, 3.05) is 0 Å². The fourth-order valence-corrected chi connectivity index (χ4v) is 4.59. The number of aromatic nitrogens is 3. The van der Waals surface area contributed by atoms with Gasteiger partial charge in [0, 0.05) is 45.5 Å². The smallest absolute Gasteiger partial charge is 0.354 e. The van der Waals surface area contributed by atoms with Crippen LogP contribution in [0.4, 0.5) is 0 Å². The van der Waals surface area contributed by atoms with Gasteiger partial charge in [0.25, 0.3) is 0 Å². The molecule has 0 fully saturated rings. The SMILES string of the molecule is O=C(O)c1cc2c([nH]c3ccccc32)c(C(=O)c2cn(Cc3ccccc3)c3ccccc23)n1. The lowest BCUT2D eigenvalue weighted by molar-refractivity contribution is 0.0690. The first-order valence-corrected chi connectivity index (χ1v) is 10.9. The van der Waals surface area contributed by atoms with Crippen LogP contribution in [0.1, 0.15) is 32.1 Å². The Hall–Kier alpha value is -4.71. The van der Waals surface area contributed by atoms with Gasteiger partial charge in [-0.1, -0.05) is 66.7 Å². The van der Waals surface area contributed by atoms with Gasteiger partial charge in [-0.05, 0) is 23.8 Å². The second-order valence-electron chi connectivity index (χ2n) is 8.26. The van der Waals surface area contributed by atoms with E-state index in [4.69, 9.17) is 0 Å². The predicted octanol–water partition coefficient (Wildman–Crippen LogP) is 5.65. The molecule has 0 aliphatic rings. The number of para-hydroxylation sites is 2. The molecular formula is C28H19N3O3. The molecule has 2 N–H and O–H groups in total. The quantitative estimate of drug-likeness (QED) is 0.336. The number of ketones is 1. The van der Waals surface area contributed by atoms with E-state index in [2.05, 4.69) is 9.97 Å². The number of rotatable bonds is 5. The minimum atomic E-state index is -1.17. The summed E-state index contributed by atoms with van der Waals surface area (Å²) in [5, 5.41) is 12.0. The lowest BCUT2D eigenvalue weighted by Gasteiger charge is -2.05. The number of hydrogen-bond donors (Lipinski definition) is 2. The predicted molar refractivity (Wildman–Crippen MR) is 131 cm³/mol. The van der Waals surface area contributed by atoms with Gasteiger partial charge in [0.15, 0.2) is 0 Å². The number of carboxylic acid groups (broad SMARTS) is 1. The number of hydrogen-bond acceptors (Lipinski definition) is 3. The summed E-state index contributed by atoms with van der Waals surface area (Å²) < 4.78 is 2.04. The number of carbonyl (C=O) groups is 2. The van der Waals surface area contributed by atoms with Gasteiger partial charge < -0.3 is 14.7 Å². The molecule has 3 heterocycles. The van der Waals surface area contributed by atoms with Crippen molar-refractivity contribution in [3.05, 3.63) is 114 Å². The van der Waals surface area contributed by atoms with Crippen molar-refractivity contribution in [1.82, 2.24) is 14.5 Å². The van der Waals surface area contributed by atoms with E-state index in [1.54, 1.807) is 0 Å². The number of carboxylic acids is 1. The van der Waals surface area contributed by atoms with E-state index < -0.39 is 5.97 Å². The molecule has 0 aliphatic carbocycles. The zero-order valence-corrected chi connectivity index (χ0v) is 18.0. The van der Waals surface area contributed by atoms with E-state index in [1.807, 2.05) is 89.6 Å². The first-order valence-electron chi connectivity index (χ1n) is 10.9. The summed E-state index contributed by atoms with van der Waals surface area (Å²) >= 11 is 0. The highest BCUT2D eigenvalue weighted by atomic mass is 16.4. The maximum atomic E-state index is 13.9. The number of aromatic amines is 1. The first-order chi connectivity index (χ1) is 16.6. The summed E-state index contributed by atoms with van der Waals surface area (Å²) in [6.07, 6.45) is 1.84. The van der Waals surface area contributed by atoms with Gasteiger partial charge in [0.1, 0.15) is 11.4 Å². The van der Waals surface area contributed by atoms with E-state index in [0.29, 0.717) is 23.0 Å². The van der Waals surface area contributed by atoms with Crippen molar-refractivity contribution in [2.24, 2.45) is 0 Å². The van der Waals surface area contributed by atoms with Crippen LogP contribution in [0, 0.1) is 0 Å². The monoisotopic (exact) mass is 445 g/mol. The zero-order valence-electron chi connectivity index (χ0n) is 18.0. The largest absolute Gasteiger partial charge is 0.477 e. The fourth-order valence-electron chi connectivity index (χ4n) is 4.59. The summed E-state index contributed by atoms with van der Waals surface area (Å²) in [5.74, 6) is -1.49. The first kappa shape index (κ1) is 19.9. The van der Waals surface area contributed by atoms with Crippen LogP contribution in [0.25, 0.3) is 32.7 Å². The number of nitrogens with one attached hydrogen (secondary N) is 1. The Morgan fingerprint density at radius 1 is 0.853 bits per heavy atom. The summed E-state index contributed by atoms with van der Waals surface area (Å²) in [6, 6.07) is 26.9. The van der Waals surface area contributed by atoms with E-state index in [-0.39, 0.29) is 17.2 Å². The zero-order chi connectivity index (χ0) is 23.2. The molecule has 0 radical (unpaired) electrons. The Bertz CT molecular complexity index is 1730. The number of nitrogens with zero attached hydrogens (tertiary/aromatic N) is 2. The normalized spacial score (nSPS) is 11.4. The van der Waals surface area contributed by atoms with Crippen LogP contribution < -0.4 is 0 Å².